The highest BCUT2D eigenvalue weighted by molar-refractivity contribution is 6.06. The number of hydrogen-bond acceptors (Lipinski definition) is 4. The van der Waals surface area contributed by atoms with Gasteiger partial charge >= 0.3 is 5.97 Å². The van der Waals surface area contributed by atoms with Gasteiger partial charge in [-0.25, -0.2) is 4.39 Å². The number of benzene rings is 3. The summed E-state index contributed by atoms with van der Waals surface area (Å²) in [5, 5.41) is 0. The number of allylic oxidation sites excluding steroid dienone is 2. The monoisotopic (exact) mass is 458 g/mol. The maximum atomic E-state index is 13.0. The Bertz CT molecular complexity index is 1140. The van der Waals surface area contributed by atoms with Gasteiger partial charge in [-0.15, -0.1) is 0 Å². The fourth-order valence-corrected chi connectivity index (χ4v) is 3.11. The van der Waals surface area contributed by atoms with Crippen LogP contribution in [0.2, 0.25) is 0 Å². The molecular weight excluding hydrogens is 431 g/mol. The molecule has 0 fully saturated rings. The first-order valence-electron chi connectivity index (χ1n) is 11.1. The lowest BCUT2D eigenvalue weighted by molar-refractivity contribution is -0.134. The first-order chi connectivity index (χ1) is 16.4. The smallest absolute Gasteiger partial charge is 0.311 e. The molecule has 174 valence electrons. The molecule has 0 aliphatic heterocycles. The van der Waals surface area contributed by atoms with Gasteiger partial charge in [0.25, 0.3) is 0 Å². The van der Waals surface area contributed by atoms with Gasteiger partial charge in [-0.05, 0) is 85.5 Å². The van der Waals surface area contributed by atoms with Crippen molar-refractivity contribution in [1.82, 2.24) is 0 Å². The summed E-state index contributed by atoms with van der Waals surface area (Å²) in [5.74, 6) is 0.328. The van der Waals surface area contributed by atoms with Gasteiger partial charge in [-0.2, -0.15) is 0 Å². The van der Waals surface area contributed by atoms with Crippen LogP contribution in [-0.4, -0.2) is 18.4 Å². The Morgan fingerprint density at radius 3 is 2.12 bits per heavy atom. The standard InChI is InChI=1S/C29H27FO4/c1-21(2)23-11-17-26(18-12-23)33-20-4-3-5-29(32)34-27-15-6-22(7-16-27)8-19-28(31)24-9-13-25(30)14-10-24/h6-19H,1,3-5,20H2,2H3. The predicted molar refractivity (Wildman–Crippen MR) is 132 cm³/mol. The van der Waals surface area contributed by atoms with E-state index < -0.39 is 0 Å². The Kier molecular flexibility index (Phi) is 8.92. The van der Waals surface area contributed by atoms with Crippen molar-refractivity contribution in [3.63, 3.8) is 0 Å². The number of hydrogen-bond donors (Lipinski definition) is 0. The minimum atomic E-state index is -0.385. The zero-order valence-corrected chi connectivity index (χ0v) is 19.1. The summed E-state index contributed by atoms with van der Waals surface area (Å²) < 4.78 is 24.0. The Morgan fingerprint density at radius 1 is 0.853 bits per heavy atom. The van der Waals surface area contributed by atoms with E-state index in [9.17, 15) is 14.0 Å². The van der Waals surface area contributed by atoms with E-state index in [1.165, 1.54) is 30.3 Å². The summed E-state index contributed by atoms with van der Waals surface area (Å²) in [6, 6.07) is 20.0. The molecule has 0 radical (unpaired) electrons. The number of rotatable bonds is 11. The lowest BCUT2D eigenvalue weighted by atomic mass is 10.1. The van der Waals surface area contributed by atoms with Crippen LogP contribution >= 0.6 is 0 Å². The van der Waals surface area contributed by atoms with Crippen LogP contribution in [-0.2, 0) is 4.79 Å². The van der Waals surface area contributed by atoms with Gasteiger partial charge in [-0.3, -0.25) is 9.59 Å². The normalized spacial score (nSPS) is 10.8. The van der Waals surface area contributed by atoms with E-state index in [2.05, 4.69) is 6.58 Å². The van der Waals surface area contributed by atoms with Gasteiger partial charge < -0.3 is 9.47 Å². The molecule has 0 aliphatic rings. The molecule has 3 aromatic rings. The molecule has 5 heteroatoms. The summed E-state index contributed by atoms with van der Waals surface area (Å²) in [7, 11) is 0. The van der Waals surface area contributed by atoms with Crippen LogP contribution in [0.1, 0.15) is 47.7 Å². The van der Waals surface area contributed by atoms with Crippen LogP contribution in [0.15, 0.2) is 85.5 Å². The second-order valence-corrected chi connectivity index (χ2v) is 7.86. The first-order valence-corrected chi connectivity index (χ1v) is 11.1. The number of halogens is 1. The molecule has 0 spiro atoms. The van der Waals surface area contributed by atoms with E-state index >= 15 is 0 Å². The topological polar surface area (TPSA) is 52.6 Å². The Morgan fingerprint density at radius 2 is 1.47 bits per heavy atom. The molecule has 0 saturated carbocycles. The van der Waals surface area contributed by atoms with Crippen LogP contribution in [0.4, 0.5) is 4.39 Å². The molecular formula is C29H27FO4. The molecule has 0 heterocycles. The predicted octanol–water partition coefficient (Wildman–Crippen LogP) is 6.91. The van der Waals surface area contributed by atoms with Gasteiger partial charge in [0, 0.05) is 12.0 Å². The average Bonchev–Trinajstić information content (AvgIpc) is 2.84. The number of carbonyl (C=O) groups is 2. The molecule has 0 saturated heterocycles. The molecule has 0 unspecified atom stereocenters. The lowest BCUT2D eigenvalue weighted by Crippen LogP contribution is -2.08. The van der Waals surface area contributed by atoms with Crippen LogP contribution < -0.4 is 9.47 Å². The Balaban J connectivity index is 1.36. The third-order valence-corrected chi connectivity index (χ3v) is 5.06. The van der Waals surface area contributed by atoms with Gasteiger partial charge in [-0.1, -0.05) is 42.5 Å². The van der Waals surface area contributed by atoms with Crippen molar-refractivity contribution in [3.05, 3.63) is 108 Å². The Labute approximate surface area is 199 Å². The number of esters is 1. The van der Waals surface area contributed by atoms with Crippen LogP contribution in [0.3, 0.4) is 0 Å². The van der Waals surface area contributed by atoms with Crippen molar-refractivity contribution in [2.45, 2.75) is 26.2 Å². The minimum Gasteiger partial charge on any atom is -0.494 e. The van der Waals surface area contributed by atoms with Crippen molar-refractivity contribution >= 4 is 23.4 Å². The van der Waals surface area contributed by atoms with Crippen molar-refractivity contribution in [2.24, 2.45) is 0 Å². The van der Waals surface area contributed by atoms with Crippen LogP contribution in [0.5, 0.6) is 11.5 Å². The highest BCUT2D eigenvalue weighted by atomic mass is 19.1. The van der Waals surface area contributed by atoms with Gasteiger partial charge in [0.15, 0.2) is 5.78 Å². The second kappa shape index (κ2) is 12.3. The number of carbonyl (C=O) groups excluding carboxylic acids is 2. The third kappa shape index (κ3) is 7.85. The zero-order valence-electron chi connectivity index (χ0n) is 19.1. The van der Waals surface area contributed by atoms with E-state index in [0.29, 0.717) is 30.8 Å². The average molecular weight is 459 g/mol. The van der Waals surface area contributed by atoms with Crippen molar-refractivity contribution in [3.8, 4) is 11.5 Å². The van der Waals surface area contributed by atoms with E-state index in [0.717, 1.165) is 28.9 Å². The van der Waals surface area contributed by atoms with Gasteiger partial charge in [0.2, 0.25) is 0 Å². The van der Waals surface area contributed by atoms with E-state index in [1.807, 2.05) is 31.2 Å². The molecule has 34 heavy (non-hydrogen) atoms. The van der Waals surface area contributed by atoms with Crippen LogP contribution in [0, 0.1) is 5.82 Å². The zero-order chi connectivity index (χ0) is 24.3. The van der Waals surface area contributed by atoms with Crippen LogP contribution in [0.25, 0.3) is 11.6 Å². The molecule has 0 amide bonds. The largest absolute Gasteiger partial charge is 0.494 e. The summed E-state index contributed by atoms with van der Waals surface area (Å²) in [4.78, 5) is 24.2. The van der Waals surface area contributed by atoms with Crippen molar-refractivity contribution in [1.29, 1.82) is 0 Å². The maximum absolute atomic E-state index is 13.0. The van der Waals surface area contributed by atoms with E-state index in [-0.39, 0.29) is 17.6 Å². The highest BCUT2D eigenvalue weighted by Crippen LogP contribution is 2.18. The summed E-state index contributed by atoms with van der Waals surface area (Å²) in [6.45, 7) is 6.39. The van der Waals surface area contributed by atoms with Crippen molar-refractivity contribution < 1.29 is 23.5 Å². The SMILES string of the molecule is C=C(C)c1ccc(OCCCCC(=O)Oc2ccc(C=CC(=O)c3ccc(F)cc3)cc2)cc1. The molecule has 0 aliphatic carbocycles. The number of ketones is 1. The van der Waals surface area contributed by atoms with Gasteiger partial charge in [0.05, 0.1) is 6.61 Å². The highest BCUT2D eigenvalue weighted by Gasteiger charge is 2.06. The molecule has 3 rings (SSSR count). The molecule has 0 aromatic heterocycles. The maximum Gasteiger partial charge on any atom is 0.311 e. The molecule has 3 aromatic carbocycles. The van der Waals surface area contributed by atoms with Gasteiger partial charge in [0.1, 0.15) is 17.3 Å². The fourth-order valence-electron chi connectivity index (χ4n) is 3.11. The first kappa shape index (κ1) is 24.6. The minimum absolute atomic E-state index is 0.219. The van der Waals surface area contributed by atoms with Crippen molar-refractivity contribution in [2.75, 3.05) is 6.61 Å². The molecule has 0 bridgehead atoms. The quantitative estimate of drug-likeness (QED) is 0.103. The summed E-state index contributed by atoms with van der Waals surface area (Å²) in [6.07, 6.45) is 4.78. The Hall–Kier alpha value is -3.99. The fraction of sp³-hybridized carbons (Fsp3) is 0.172. The molecule has 0 N–H and O–H groups in total. The third-order valence-electron chi connectivity index (χ3n) is 5.06. The van der Waals surface area contributed by atoms with E-state index in [4.69, 9.17) is 9.47 Å². The lowest BCUT2D eigenvalue weighted by Gasteiger charge is -2.08. The molecule has 4 nitrogen and oxygen atoms in total. The van der Waals surface area contributed by atoms with E-state index in [1.54, 1.807) is 30.3 Å². The molecule has 0 atom stereocenters. The number of unbranched alkanes of at least 4 members (excludes halogenated alkanes) is 1. The summed E-state index contributed by atoms with van der Waals surface area (Å²) >= 11 is 0. The number of ether oxygens (including phenoxy) is 2. The summed E-state index contributed by atoms with van der Waals surface area (Å²) in [5.41, 5.74) is 3.28. The second-order valence-electron chi connectivity index (χ2n) is 7.86.